The van der Waals surface area contributed by atoms with Crippen LogP contribution in [0.2, 0.25) is 0 Å². The van der Waals surface area contributed by atoms with Crippen molar-refractivity contribution in [2.45, 2.75) is 13.5 Å². The van der Waals surface area contributed by atoms with Crippen molar-refractivity contribution in [3.05, 3.63) is 29.5 Å². The number of esters is 1. The number of morpholine rings is 1. The number of H-pyrrole nitrogens is 1. The van der Waals surface area contributed by atoms with E-state index in [4.69, 9.17) is 14.2 Å². The van der Waals surface area contributed by atoms with Gasteiger partial charge in [-0.3, -0.25) is 4.90 Å². The van der Waals surface area contributed by atoms with Crippen LogP contribution < -0.4 is 4.74 Å². The molecule has 0 bridgehead atoms. The molecule has 8 heteroatoms. The summed E-state index contributed by atoms with van der Waals surface area (Å²) < 4.78 is 15.9. The van der Waals surface area contributed by atoms with Gasteiger partial charge in [0.1, 0.15) is 11.4 Å². The lowest BCUT2D eigenvalue weighted by atomic mass is 10.0. The molecule has 1 N–H and O–H groups in total. The second kappa shape index (κ2) is 8.09. The van der Waals surface area contributed by atoms with Crippen LogP contribution in [0.15, 0.2) is 18.2 Å². The number of hydrogen-bond acceptors (Lipinski definition) is 7. The Kier molecular flexibility index (Phi) is 5.62. The number of rotatable bonds is 6. The monoisotopic (exact) mass is 346 g/mol. The Hall–Kier alpha value is -2.45. The van der Waals surface area contributed by atoms with Crippen molar-refractivity contribution in [1.82, 2.24) is 20.3 Å². The third-order valence-electron chi connectivity index (χ3n) is 4.07. The molecule has 0 atom stereocenters. The molecule has 0 spiro atoms. The maximum atomic E-state index is 12.0. The molecular weight excluding hydrogens is 324 g/mol. The molecular formula is C17H22N4O4. The standard InChI is InChI=1S/C17H22N4O4/c1-3-25-17(22)16-15(18-20-19-16)12-4-5-14(23-2)13(10-12)11-21-6-8-24-9-7-21/h4-5,10H,3,6-9,11H2,1-2H3,(H,18,19,20). The molecule has 1 aliphatic heterocycles. The highest BCUT2D eigenvalue weighted by Gasteiger charge is 2.21. The molecule has 2 heterocycles. The predicted octanol–water partition coefficient (Wildman–Crippen LogP) is 1.49. The van der Waals surface area contributed by atoms with E-state index in [-0.39, 0.29) is 12.3 Å². The number of ether oxygens (including phenoxy) is 3. The van der Waals surface area contributed by atoms with Gasteiger partial charge in [-0.2, -0.15) is 10.3 Å². The van der Waals surface area contributed by atoms with E-state index in [2.05, 4.69) is 20.3 Å². The van der Waals surface area contributed by atoms with Crippen molar-refractivity contribution in [2.75, 3.05) is 40.0 Å². The van der Waals surface area contributed by atoms with Gasteiger partial charge in [-0.05, 0) is 25.1 Å². The molecule has 0 saturated carbocycles. The van der Waals surface area contributed by atoms with Gasteiger partial charge in [0, 0.05) is 30.8 Å². The maximum Gasteiger partial charge on any atom is 0.361 e. The highest BCUT2D eigenvalue weighted by Crippen LogP contribution is 2.28. The van der Waals surface area contributed by atoms with E-state index in [9.17, 15) is 4.79 Å². The van der Waals surface area contributed by atoms with Crippen LogP contribution in [0.1, 0.15) is 23.0 Å². The molecule has 1 fully saturated rings. The minimum absolute atomic E-state index is 0.185. The summed E-state index contributed by atoms with van der Waals surface area (Å²) in [7, 11) is 1.65. The molecule has 0 radical (unpaired) electrons. The van der Waals surface area contributed by atoms with Crippen LogP contribution >= 0.6 is 0 Å². The van der Waals surface area contributed by atoms with Gasteiger partial charge in [-0.25, -0.2) is 4.79 Å². The van der Waals surface area contributed by atoms with E-state index in [1.165, 1.54) is 0 Å². The highest BCUT2D eigenvalue weighted by atomic mass is 16.5. The molecule has 1 aromatic heterocycles. The Bertz CT molecular complexity index is 725. The number of nitrogens with zero attached hydrogens (tertiary/aromatic N) is 3. The van der Waals surface area contributed by atoms with Crippen LogP contribution in [0.3, 0.4) is 0 Å². The summed E-state index contributed by atoms with van der Waals surface area (Å²) in [6.45, 7) is 6.02. The molecule has 8 nitrogen and oxygen atoms in total. The second-order valence-electron chi connectivity index (χ2n) is 5.66. The molecule has 1 aliphatic rings. The predicted molar refractivity (Wildman–Crippen MR) is 90.4 cm³/mol. The summed E-state index contributed by atoms with van der Waals surface area (Å²) in [5.74, 6) is 0.313. The first kappa shape index (κ1) is 17.4. The van der Waals surface area contributed by atoms with Crippen LogP contribution in [0.25, 0.3) is 11.3 Å². The lowest BCUT2D eigenvalue weighted by Gasteiger charge is -2.27. The van der Waals surface area contributed by atoms with Gasteiger partial charge in [-0.1, -0.05) is 0 Å². The van der Waals surface area contributed by atoms with Gasteiger partial charge in [0.25, 0.3) is 0 Å². The lowest BCUT2D eigenvalue weighted by molar-refractivity contribution is 0.0339. The minimum atomic E-state index is -0.489. The van der Waals surface area contributed by atoms with Crippen molar-refractivity contribution in [3.8, 4) is 17.0 Å². The SMILES string of the molecule is CCOC(=O)c1n[nH]nc1-c1ccc(OC)c(CN2CCOCC2)c1. The number of nitrogens with one attached hydrogen (secondary N) is 1. The number of carbonyl (C=O) groups excluding carboxylic acids is 1. The van der Waals surface area contributed by atoms with Crippen LogP contribution in [0, 0.1) is 0 Å². The summed E-state index contributed by atoms with van der Waals surface area (Å²) >= 11 is 0. The van der Waals surface area contributed by atoms with Crippen molar-refractivity contribution in [1.29, 1.82) is 0 Å². The highest BCUT2D eigenvalue weighted by molar-refractivity contribution is 5.94. The topological polar surface area (TPSA) is 89.6 Å². The van der Waals surface area contributed by atoms with Crippen LogP contribution in [0.5, 0.6) is 5.75 Å². The smallest absolute Gasteiger partial charge is 0.361 e. The molecule has 1 saturated heterocycles. The van der Waals surface area contributed by atoms with E-state index < -0.39 is 5.97 Å². The lowest BCUT2D eigenvalue weighted by Crippen LogP contribution is -2.35. The van der Waals surface area contributed by atoms with Crippen molar-refractivity contribution in [3.63, 3.8) is 0 Å². The number of benzene rings is 1. The number of aromatic amines is 1. The van der Waals surface area contributed by atoms with E-state index >= 15 is 0 Å². The van der Waals surface area contributed by atoms with Crippen molar-refractivity contribution < 1.29 is 19.0 Å². The van der Waals surface area contributed by atoms with E-state index in [1.54, 1.807) is 14.0 Å². The quantitative estimate of drug-likeness (QED) is 0.793. The number of carbonyl (C=O) groups is 1. The summed E-state index contributed by atoms with van der Waals surface area (Å²) in [5, 5.41) is 10.6. The zero-order chi connectivity index (χ0) is 17.6. The summed E-state index contributed by atoms with van der Waals surface area (Å²) in [6, 6.07) is 5.73. The first-order valence-electron chi connectivity index (χ1n) is 8.28. The fourth-order valence-corrected chi connectivity index (χ4v) is 2.82. The molecule has 3 rings (SSSR count). The zero-order valence-corrected chi connectivity index (χ0v) is 14.4. The Balaban J connectivity index is 1.89. The van der Waals surface area contributed by atoms with Gasteiger partial charge in [0.15, 0.2) is 5.69 Å². The Morgan fingerprint density at radius 2 is 2.12 bits per heavy atom. The molecule has 0 amide bonds. The number of methoxy groups -OCH3 is 1. The van der Waals surface area contributed by atoms with Crippen molar-refractivity contribution >= 4 is 5.97 Å². The molecule has 0 unspecified atom stereocenters. The average molecular weight is 346 g/mol. The zero-order valence-electron chi connectivity index (χ0n) is 14.4. The van der Waals surface area contributed by atoms with Gasteiger partial charge >= 0.3 is 5.97 Å². The molecule has 25 heavy (non-hydrogen) atoms. The first-order valence-corrected chi connectivity index (χ1v) is 8.28. The Labute approximate surface area is 146 Å². The first-order chi connectivity index (χ1) is 12.2. The van der Waals surface area contributed by atoms with Crippen LogP contribution in [-0.4, -0.2) is 66.3 Å². The van der Waals surface area contributed by atoms with Gasteiger partial charge in [-0.15, -0.1) is 5.10 Å². The Morgan fingerprint density at radius 1 is 1.32 bits per heavy atom. The van der Waals surface area contributed by atoms with Gasteiger partial charge in [0.2, 0.25) is 0 Å². The van der Waals surface area contributed by atoms with E-state index in [0.717, 1.165) is 49.7 Å². The Morgan fingerprint density at radius 3 is 2.84 bits per heavy atom. The third kappa shape index (κ3) is 3.97. The molecule has 134 valence electrons. The van der Waals surface area contributed by atoms with Gasteiger partial charge in [0.05, 0.1) is 26.9 Å². The fourth-order valence-electron chi connectivity index (χ4n) is 2.82. The average Bonchev–Trinajstić information content (AvgIpc) is 3.12. The largest absolute Gasteiger partial charge is 0.496 e. The maximum absolute atomic E-state index is 12.0. The normalized spacial score (nSPS) is 15.1. The molecule has 1 aromatic carbocycles. The number of hydrogen-bond donors (Lipinski definition) is 1. The van der Waals surface area contributed by atoms with Crippen molar-refractivity contribution in [2.24, 2.45) is 0 Å². The molecule has 0 aliphatic carbocycles. The van der Waals surface area contributed by atoms with Gasteiger partial charge < -0.3 is 14.2 Å². The summed E-state index contributed by atoms with van der Waals surface area (Å²) in [4.78, 5) is 14.3. The summed E-state index contributed by atoms with van der Waals surface area (Å²) in [5.41, 5.74) is 2.48. The molecule has 2 aromatic rings. The third-order valence-corrected chi connectivity index (χ3v) is 4.07. The number of aromatic nitrogens is 3. The van der Waals surface area contributed by atoms with E-state index in [1.807, 2.05) is 18.2 Å². The fraction of sp³-hybridized carbons (Fsp3) is 0.471. The van der Waals surface area contributed by atoms with Crippen LogP contribution in [-0.2, 0) is 16.0 Å². The van der Waals surface area contributed by atoms with Crippen LogP contribution in [0.4, 0.5) is 0 Å². The summed E-state index contributed by atoms with van der Waals surface area (Å²) in [6.07, 6.45) is 0. The van der Waals surface area contributed by atoms with E-state index in [0.29, 0.717) is 5.69 Å². The second-order valence-corrected chi connectivity index (χ2v) is 5.66. The minimum Gasteiger partial charge on any atom is -0.496 e.